The van der Waals surface area contributed by atoms with E-state index in [1.54, 1.807) is 0 Å². The minimum Gasteiger partial charge on any atom is -0.355 e. The van der Waals surface area contributed by atoms with Gasteiger partial charge in [0.15, 0.2) is 0 Å². The summed E-state index contributed by atoms with van der Waals surface area (Å²) in [5.41, 5.74) is 7.21. The lowest BCUT2D eigenvalue weighted by Crippen LogP contribution is -2.44. The lowest BCUT2D eigenvalue weighted by atomic mass is 9.99. The summed E-state index contributed by atoms with van der Waals surface area (Å²) in [5, 5.41) is 3.52. The van der Waals surface area contributed by atoms with Gasteiger partial charge in [-0.3, -0.25) is 9.69 Å². The first-order valence-electron chi connectivity index (χ1n) is 7.01. The van der Waals surface area contributed by atoms with Crippen LogP contribution in [0.1, 0.15) is 32.4 Å². The molecule has 0 fully saturated rings. The van der Waals surface area contributed by atoms with Crippen LogP contribution < -0.4 is 11.1 Å². The second-order valence-corrected chi connectivity index (χ2v) is 5.31. The topological polar surface area (TPSA) is 58.4 Å². The predicted octanol–water partition coefficient (Wildman–Crippen LogP) is 2.19. The Hall–Kier alpha value is -1.10. The first-order valence-corrected chi connectivity index (χ1v) is 7.39. The van der Waals surface area contributed by atoms with Gasteiger partial charge >= 0.3 is 0 Å². The summed E-state index contributed by atoms with van der Waals surface area (Å²) >= 11 is 5.93. The molecule has 0 spiro atoms. The smallest absolute Gasteiger partial charge is 0.234 e. The van der Waals surface area contributed by atoms with Gasteiger partial charge < -0.3 is 11.1 Å². The standard InChI is InChI=1S/C15H24ClN3O/c1-4-18-14(20)10-19(5-2)15(11(3)17)12-6-8-13(16)9-7-12/h6-9,11,15H,4-5,10,17H2,1-3H3,(H,18,20). The van der Waals surface area contributed by atoms with Crippen molar-refractivity contribution in [3.05, 3.63) is 34.9 Å². The highest BCUT2D eigenvalue weighted by molar-refractivity contribution is 6.30. The van der Waals surface area contributed by atoms with E-state index in [4.69, 9.17) is 17.3 Å². The zero-order valence-corrected chi connectivity index (χ0v) is 13.2. The Morgan fingerprint density at radius 1 is 1.35 bits per heavy atom. The molecule has 0 heterocycles. The normalized spacial score (nSPS) is 14.1. The molecule has 0 saturated heterocycles. The largest absolute Gasteiger partial charge is 0.355 e. The average molecular weight is 298 g/mol. The van der Waals surface area contributed by atoms with Gasteiger partial charge in [-0.2, -0.15) is 0 Å². The number of hydrogen-bond donors (Lipinski definition) is 2. The Bertz CT molecular complexity index is 420. The summed E-state index contributed by atoms with van der Waals surface area (Å²) < 4.78 is 0. The van der Waals surface area contributed by atoms with Crippen LogP contribution in [-0.2, 0) is 4.79 Å². The molecule has 20 heavy (non-hydrogen) atoms. The van der Waals surface area contributed by atoms with E-state index >= 15 is 0 Å². The molecule has 2 unspecified atom stereocenters. The minimum atomic E-state index is -0.0782. The SMILES string of the molecule is CCNC(=O)CN(CC)C(c1ccc(Cl)cc1)C(C)N. The van der Waals surface area contributed by atoms with Crippen LogP contribution >= 0.6 is 11.6 Å². The van der Waals surface area contributed by atoms with Crippen molar-refractivity contribution >= 4 is 17.5 Å². The van der Waals surface area contributed by atoms with Crippen molar-refractivity contribution in [1.29, 1.82) is 0 Å². The molecule has 0 aromatic heterocycles. The van der Waals surface area contributed by atoms with Crippen molar-refractivity contribution in [1.82, 2.24) is 10.2 Å². The third-order valence-corrected chi connectivity index (χ3v) is 3.48. The molecule has 3 N–H and O–H groups in total. The molecule has 2 atom stereocenters. The first kappa shape index (κ1) is 17.0. The summed E-state index contributed by atoms with van der Waals surface area (Å²) in [7, 11) is 0. The molecule has 1 aromatic carbocycles. The van der Waals surface area contributed by atoms with Gasteiger partial charge in [0.25, 0.3) is 0 Å². The van der Waals surface area contributed by atoms with E-state index in [9.17, 15) is 4.79 Å². The van der Waals surface area contributed by atoms with Crippen LogP contribution in [0.3, 0.4) is 0 Å². The Kier molecular flexibility index (Phi) is 6.99. The van der Waals surface area contributed by atoms with Crippen molar-refractivity contribution in [3.63, 3.8) is 0 Å². The number of carbonyl (C=O) groups excluding carboxylic acids is 1. The van der Waals surface area contributed by atoms with Crippen molar-refractivity contribution in [2.24, 2.45) is 5.73 Å². The maximum absolute atomic E-state index is 11.8. The van der Waals surface area contributed by atoms with E-state index in [1.807, 2.05) is 45.0 Å². The fourth-order valence-corrected chi connectivity index (χ4v) is 2.48. The number of nitrogens with one attached hydrogen (secondary N) is 1. The fraction of sp³-hybridized carbons (Fsp3) is 0.533. The van der Waals surface area contributed by atoms with Crippen LogP contribution in [0.5, 0.6) is 0 Å². The van der Waals surface area contributed by atoms with Gasteiger partial charge in [-0.15, -0.1) is 0 Å². The summed E-state index contributed by atoms with van der Waals surface area (Å²) in [5.74, 6) is 0.0222. The zero-order chi connectivity index (χ0) is 15.1. The maximum Gasteiger partial charge on any atom is 0.234 e. The molecular weight excluding hydrogens is 274 g/mol. The second-order valence-electron chi connectivity index (χ2n) is 4.87. The summed E-state index contributed by atoms with van der Waals surface area (Å²) in [6, 6.07) is 7.57. The van der Waals surface area contributed by atoms with E-state index < -0.39 is 0 Å². The minimum absolute atomic E-state index is 0.000118. The second kappa shape index (κ2) is 8.25. The summed E-state index contributed by atoms with van der Waals surface area (Å²) in [4.78, 5) is 13.9. The first-order chi connectivity index (χ1) is 9.49. The van der Waals surface area contributed by atoms with Crippen LogP contribution in [0.25, 0.3) is 0 Å². The third-order valence-electron chi connectivity index (χ3n) is 3.23. The van der Waals surface area contributed by atoms with E-state index in [0.717, 1.165) is 12.1 Å². The fourth-order valence-electron chi connectivity index (χ4n) is 2.35. The quantitative estimate of drug-likeness (QED) is 0.811. The highest BCUT2D eigenvalue weighted by Crippen LogP contribution is 2.24. The van der Waals surface area contributed by atoms with Crippen molar-refractivity contribution in [3.8, 4) is 0 Å². The number of halogens is 1. The van der Waals surface area contributed by atoms with Crippen molar-refractivity contribution in [2.45, 2.75) is 32.9 Å². The molecule has 0 radical (unpaired) electrons. The van der Waals surface area contributed by atoms with Gasteiger partial charge in [-0.25, -0.2) is 0 Å². The average Bonchev–Trinajstić information content (AvgIpc) is 2.40. The Balaban J connectivity index is 2.92. The highest BCUT2D eigenvalue weighted by atomic mass is 35.5. The molecule has 1 amide bonds. The molecule has 1 rings (SSSR count). The van der Waals surface area contributed by atoms with Crippen molar-refractivity contribution < 1.29 is 4.79 Å². The molecule has 5 heteroatoms. The van der Waals surface area contributed by atoms with Crippen LogP contribution in [0.4, 0.5) is 0 Å². The molecule has 0 aliphatic carbocycles. The zero-order valence-electron chi connectivity index (χ0n) is 12.4. The van der Waals surface area contributed by atoms with Crippen LogP contribution in [0.2, 0.25) is 5.02 Å². The van der Waals surface area contributed by atoms with E-state index in [-0.39, 0.29) is 18.0 Å². The molecule has 0 saturated carbocycles. The molecular formula is C15H24ClN3O. The molecule has 0 aliphatic heterocycles. The van der Waals surface area contributed by atoms with E-state index in [1.165, 1.54) is 0 Å². The van der Waals surface area contributed by atoms with Gasteiger partial charge in [-0.05, 0) is 38.1 Å². The monoisotopic (exact) mass is 297 g/mol. The van der Waals surface area contributed by atoms with Gasteiger partial charge in [0, 0.05) is 17.6 Å². The lowest BCUT2D eigenvalue weighted by molar-refractivity contribution is -0.122. The van der Waals surface area contributed by atoms with Crippen LogP contribution in [-0.4, -0.2) is 36.5 Å². The number of rotatable bonds is 7. The maximum atomic E-state index is 11.8. The number of nitrogens with zero attached hydrogens (tertiary/aromatic N) is 1. The molecule has 4 nitrogen and oxygen atoms in total. The lowest BCUT2D eigenvalue weighted by Gasteiger charge is -2.33. The molecule has 1 aromatic rings. The van der Waals surface area contributed by atoms with Gasteiger partial charge in [0.05, 0.1) is 12.6 Å². The number of nitrogens with two attached hydrogens (primary N) is 1. The number of likely N-dealkylation sites (N-methyl/N-ethyl adjacent to an activating group) is 2. The molecule has 0 bridgehead atoms. The number of hydrogen-bond acceptors (Lipinski definition) is 3. The Morgan fingerprint density at radius 3 is 2.40 bits per heavy atom. The van der Waals surface area contributed by atoms with Crippen LogP contribution in [0.15, 0.2) is 24.3 Å². The number of carbonyl (C=O) groups is 1. The van der Waals surface area contributed by atoms with Gasteiger partial charge in [0.1, 0.15) is 0 Å². The van der Waals surface area contributed by atoms with Gasteiger partial charge in [0.2, 0.25) is 5.91 Å². The Labute approximate surface area is 126 Å². The van der Waals surface area contributed by atoms with Crippen LogP contribution in [0, 0.1) is 0 Å². The highest BCUT2D eigenvalue weighted by Gasteiger charge is 2.24. The predicted molar refractivity (Wildman–Crippen MR) is 83.8 cm³/mol. The van der Waals surface area contributed by atoms with E-state index in [0.29, 0.717) is 18.1 Å². The summed E-state index contributed by atoms with van der Waals surface area (Å²) in [6.45, 7) is 7.64. The Morgan fingerprint density at radius 2 is 1.95 bits per heavy atom. The molecule has 0 aliphatic rings. The molecule has 112 valence electrons. The third kappa shape index (κ3) is 4.78. The van der Waals surface area contributed by atoms with E-state index in [2.05, 4.69) is 10.2 Å². The number of benzene rings is 1. The summed E-state index contributed by atoms with van der Waals surface area (Å²) in [6.07, 6.45) is 0. The number of amides is 1. The van der Waals surface area contributed by atoms with Crippen molar-refractivity contribution in [2.75, 3.05) is 19.6 Å². The van der Waals surface area contributed by atoms with Gasteiger partial charge in [-0.1, -0.05) is 30.7 Å².